The summed E-state index contributed by atoms with van der Waals surface area (Å²) in [5.41, 5.74) is 7.15. The zero-order chi connectivity index (χ0) is 23.9. The van der Waals surface area contributed by atoms with Crippen LogP contribution < -0.4 is 10.5 Å². The first-order chi connectivity index (χ1) is 15.5. The predicted molar refractivity (Wildman–Crippen MR) is 111 cm³/mol. The van der Waals surface area contributed by atoms with E-state index in [1.807, 2.05) is 0 Å². The number of carboxylic acid groups (broad SMARTS) is 1. The fourth-order valence-electron chi connectivity index (χ4n) is 3.93. The van der Waals surface area contributed by atoms with Crippen LogP contribution in [0, 0.1) is 0 Å². The van der Waals surface area contributed by atoms with Gasteiger partial charge >= 0.3 is 12.3 Å². The molecule has 0 unspecified atom stereocenters. The summed E-state index contributed by atoms with van der Waals surface area (Å²) in [6.45, 7) is -0.211. The Morgan fingerprint density at radius 1 is 1.15 bits per heavy atom. The number of ether oxygens (including phenoxy) is 1. The lowest BCUT2D eigenvalue weighted by Crippen LogP contribution is -2.24. The third kappa shape index (κ3) is 4.29. The zero-order valence-electron chi connectivity index (χ0n) is 16.8. The van der Waals surface area contributed by atoms with Crippen molar-refractivity contribution >= 4 is 34.3 Å². The first kappa shape index (κ1) is 22.1. The van der Waals surface area contributed by atoms with Crippen molar-refractivity contribution in [2.24, 2.45) is 10.7 Å². The van der Waals surface area contributed by atoms with Gasteiger partial charge in [-0.15, -0.1) is 13.2 Å². The fraction of sp³-hybridized carbons (Fsp3) is 0.182. The van der Waals surface area contributed by atoms with Gasteiger partial charge in [0.2, 0.25) is 5.91 Å². The molecule has 3 aromatic rings. The summed E-state index contributed by atoms with van der Waals surface area (Å²) in [7, 11) is 0. The lowest BCUT2D eigenvalue weighted by atomic mass is 9.96. The molecule has 2 heterocycles. The Balaban J connectivity index is 1.89. The van der Waals surface area contributed by atoms with Crippen LogP contribution in [0.4, 0.5) is 13.2 Å². The van der Waals surface area contributed by atoms with Crippen LogP contribution in [-0.4, -0.2) is 46.0 Å². The molecule has 4 rings (SSSR count). The Morgan fingerprint density at radius 3 is 2.45 bits per heavy atom. The summed E-state index contributed by atoms with van der Waals surface area (Å²) in [6, 6.07) is 9.80. The van der Waals surface area contributed by atoms with E-state index in [-0.39, 0.29) is 35.6 Å². The van der Waals surface area contributed by atoms with E-state index in [0.717, 1.165) is 12.1 Å². The lowest BCUT2D eigenvalue weighted by Gasteiger charge is -2.17. The molecule has 3 N–H and O–H groups in total. The van der Waals surface area contributed by atoms with E-state index >= 15 is 0 Å². The molecule has 11 heteroatoms. The van der Waals surface area contributed by atoms with Crippen molar-refractivity contribution in [1.82, 2.24) is 4.57 Å². The number of alkyl halides is 3. The largest absolute Gasteiger partial charge is 0.573 e. The number of carbonyl (C=O) groups is 3. The number of aliphatic imine (C=N–C) groups is 1. The van der Waals surface area contributed by atoms with Crippen LogP contribution in [0.2, 0.25) is 0 Å². The smallest absolute Gasteiger partial charge is 0.481 e. The van der Waals surface area contributed by atoms with Crippen LogP contribution >= 0.6 is 0 Å². The van der Waals surface area contributed by atoms with E-state index in [4.69, 9.17) is 5.73 Å². The lowest BCUT2D eigenvalue weighted by molar-refractivity contribution is -0.274. The first-order valence-electron chi connectivity index (χ1n) is 9.63. The number of amides is 1. The second-order valence-corrected chi connectivity index (χ2v) is 7.32. The summed E-state index contributed by atoms with van der Waals surface area (Å²) in [4.78, 5) is 40.4. The summed E-state index contributed by atoms with van der Waals surface area (Å²) in [5, 5.41) is 9.62. The molecule has 1 amide bonds. The molecule has 1 aliphatic heterocycles. The molecule has 33 heavy (non-hydrogen) atoms. The number of nitrogens with zero attached hydrogens (tertiary/aromatic N) is 2. The number of benzene rings is 2. The highest BCUT2D eigenvalue weighted by molar-refractivity contribution is 6.26. The molecule has 0 aliphatic carbocycles. The summed E-state index contributed by atoms with van der Waals surface area (Å²) < 4.78 is 42.8. The van der Waals surface area contributed by atoms with E-state index in [2.05, 4.69) is 9.73 Å². The number of halogens is 3. The zero-order valence-corrected chi connectivity index (χ0v) is 16.8. The van der Waals surface area contributed by atoms with Crippen molar-refractivity contribution in [1.29, 1.82) is 0 Å². The highest BCUT2D eigenvalue weighted by Crippen LogP contribution is 2.34. The Hall–Kier alpha value is -4.15. The van der Waals surface area contributed by atoms with Crippen molar-refractivity contribution in [3.63, 3.8) is 0 Å². The number of carbonyl (C=O) groups excluding carboxylic acids is 2. The SMILES string of the molecule is NC(=O)c1cccc2c1c1c(n2Cc2ccc(OC(F)(F)F)cc2)C(CC(=O)O)=NCC1=O. The van der Waals surface area contributed by atoms with Gasteiger partial charge in [-0.2, -0.15) is 0 Å². The first-order valence-corrected chi connectivity index (χ1v) is 9.63. The number of primary amides is 1. The Labute approximate surface area is 184 Å². The minimum atomic E-state index is -4.83. The standard InChI is InChI=1S/C22H16F3N3O5/c23-22(24,25)33-12-6-4-11(5-7-12)10-28-15-3-1-2-13(21(26)32)18(15)19-16(29)9-27-14(20(19)28)8-17(30)31/h1-7H,8-10H2,(H2,26,32)(H,30,31). The van der Waals surface area contributed by atoms with E-state index in [1.54, 1.807) is 16.7 Å². The van der Waals surface area contributed by atoms with Gasteiger partial charge in [0.15, 0.2) is 5.78 Å². The number of aromatic nitrogens is 1. The van der Waals surface area contributed by atoms with Crippen molar-refractivity contribution < 1.29 is 37.4 Å². The summed E-state index contributed by atoms with van der Waals surface area (Å²) >= 11 is 0. The number of Topliss-reactive ketones (excluding diaryl/α,β-unsaturated/α-hetero) is 1. The molecule has 0 fully saturated rings. The van der Waals surface area contributed by atoms with Gasteiger partial charge in [-0.3, -0.25) is 19.4 Å². The maximum atomic E-state index is 12.8. The third-order valence-electron chi connectivity index (χ3n) is 5.14. The summed E-state index contributed by atoms with van der Waals surface area (Å²) in [5.74, 6) is -2.71. The number of ketones is 1. The molecule has 8 nitrogen and oxygen atoms in total. The molecular formula is C22H16F3N3O5. The summed E-state index contributed by atoms with van der Waals surface area (Å²) in [6.07, 6.45) is -5.29. The van der Waals surface area contributed by atoms with Gasteiger partial charge in [-0.1, -0.05) is 18.2 Å². The molecule has 0 bridgehead atoms. The van der Waals surface area contributed by atoms with E-state index < -0.39 is 36.2 Å². The van der Waals surface area contributed by atoms with Gasteiger partial charge in [0.25, 0.3) is 0 Å². The molecule has 170 valence electrons. The van der Waals surface area contributed by atoms with Gasteiger partial charge in [0.1, 0.15) is 12.3 Å². The number of hydrogen-bond donors (Lipinski definition) is 2. The fourth-order valence-corrected chi connectivity index (χ4v) is 3.93. The maximum absolute atomic E-state index is 12.8. The molecule has 0 atom stereocenters. The second-order valence-electron chi connectivity index (χ2n) is 7.32. The maximum Gasteiger partial charge on any atom is 0.573 e. The minimum Gasteiger partial charge on any atom is -0.481 e. The quantitative estimate of drug-likeness (QED) is 0.586. The predicted octanol–water partition coefficient (Wildman–Crippen LogP) is 3.15. The molecule has 2 aromatic carbocycles. The highest BCUT2D eigenvalue weighted by Gasteiger charge is 2.32. The topological polar surface area (TPSA) is 124 Å². The molecule has 0 saturated carbocycles. The van der Waals surface area contributed by atoms with E-state index in [9.17, 15) is 32.7 Å². The number of rotatable bonds is 6. The Kier molecular flexibility index (Phi) is 5.40. The van der Waals surface area contributed by atoms with E-state index in [0.29, 0.717) is 16.5 Å². The molecule has 0 radical (unpaired) electrons. The van der Waals surface area contributed by atoms with Crippen LogP contribution in [0.3, 0.4) is 0 Å². The van der Waals surface area contributed by atoms with Crippen LogP contribution in [0.5, 0.6) is 5.75 Å². The van der Waals surface area contributed by atoms with Gasteiger partial charge in [-0.05, 0) is 29.8 Å². The van der Waals surface area contributed by atoms with Crippen molar-refractivity contribution in [3.05, 3.63) is 64.8 Å². The van der Waals surface area contributed by atoms with Gasteiger partial charge in [0, 0.05) is 17.5 Å². The average molecular weight is 459 g/mol. The molecule has 1 aromatic heterocycles. The van der Waals surface area contributed by atoms with Crippen LogP contribution in [-0.2, 0) is 11.3 Å². The number of hydrogen-bond acceptors (Lipinski definition) is 5. The average Bonchev–Trinajstić information content (AvgIpc) is 3.05. The molecule has 0 saturated heterocycles. The number of nitrogens with two attached hydrogens (primary N) is 1. The number of fused-ring (bicyclic) bond motifs is 3. The Bertz CT molecular complexity index is 1320. The highest BCUT2D eigenvalue weighted by atomic mass is 19.4. The van der Waals surface area contributed by atoms with E-state index in [1.165, 1.54) is 18.2 Å². The van der Waals surface area contributed by atoms with Crippen LogP contribution in [0.25, 0.3) is 10.9 Å². The molecule has 0 spiro atoms. The normalized spacial score (nSPS) is 13.5. The number of aliphatic carboxylic acids is 1. The van der Waals surface area contributed by atoms with Crippen molar-refractivity contribution in [3.8, 4) is 5.75 Å². The van der Waals surface area contributed by atoms with Gasteiger partial charge in [-0.25, -0.2) is 0 Å². The van der Waals surface area contributed by atoms with Crippen LogP contribution in [0.15, 0.2) is 47.5 Å². The third-order valence-corrected chi connectivity index (χ3v) is 5.14. The molecule has 1 aliphatic rings. The molecular weight excluding hydrogens is 443 g/mol. The minimum absolute atomic E-state index is 0.0618. The van der Waals surface area contributed by atoms with Gasteiger partial charge in [0.05, 0.1) is 28.9 Å². The second kappa shape index (κ2) is 8.08. The van der Waals surface area contributed by atoms with Gasteiger partial charge < -0.3 is 20.1 Å². The number of carboxylic acids is 1. The van der Waals surface area contributed by atoms with Crippen molar-refractivity contribution in [2.45, 2.75) is 19.3 Å². The monoisotopic (exact) mass is 459 g/mol. The van der Waals surface area contributed by atoms with Crippen molar-refractivity contribution in [2.75, 3.05) is 6.54 Å². The van der Waals surface area contributed by atoms with Crippen LogP contribution in [0.1, 0.15) is 38.4 Å². The Morgan fingerprint density at radius 2 is 1.85 bits per heavy atom.